The maximum Gasteiger partial charge on any atom is 0.326 e. The molecule has 2 rings (SSSR count). The minimum atomic E-state index is -0.0839. The van der Waals surface area contributed by atoms with E-state index in [1.54, 1.807) is 11.7 Å². The van der Waals surface area contributed by atoms with Crippen LogP contribution in [0.3, 0.4) is 0 Å². The van der Waals surface area contributed by atoms with Crippen molar-refractivity contribution < 1.29 is 4.74 Å². The van der Waals surface area contributed by atoms with E-state index in [1.807, 2.05) is 18.2 Å². The zero-order valence-corrected chi connectivity index (χ0v) is 10.7. The fourth-order valence-corrected chi connectivity index (χ4v) is 1.98. The number of ether oxygens (including phenoxy) is 1. The Bertz CT molecular complexity index is 587. The number of H-pyrrole nitrogens is 1. The minimum Gasteiger partial charge on any atom is -0.494 e. The number of methoxy groups -OCH3 is 1. The summed E-state index contributed by atoms with van der Waals surface area (Å²) in [5, 5.41) is 0. The largest absolute Gasteiger partial charge is 0.494 e. The molecule has 0 aliphatic carbocycles. The molecule has 4 heteroatoms. The highest BCUT2D eigenvalue weighted by Crippen LogP contribution is 2.25. The number of aromatic nitrogens is 2. The summed E-state index contributed by atoms with van der Waals surface area (Å²) in [6.07, 6.45) is 0. The third kappa shape index (κ3) is 2.20. The van der Waals surface area contributed by atoms with Crippen LogP contribution >= 0.6 is 0 Å². The minimum absolute atomic E-state index is 0.0415. The quantitative estimate of drug-likeness (QED) is 0.867. The molecule has 0 saturated carbocycles. The van der Waals surface area contributed by atoms with Gasteiger partial charge in [0, 0.05) is 6.54 Å². The van der Waals surface area contributed by atoms with Crippen molar-refractivity contribution in [3.8, 4) is 5.75 Å². The molecule has 0 saturated heterocycles. The number of aromatic amines is 1. The number of para-hydroxylation sites is 1. The van der Waals surface area contributed by atoms with Crippen molar-refractivity contribution in [1.29, 1.82) is 0 Å². The van der Waals surface area contributed by atoms with Gasteiger partial charge in [-0.05, 0) is 17.5 Å². The lowest BCUT2D eigenvalue weighted by molar-refractivity contribution is 0.341. The van der Waals surface area contributed by atoms with Crippen LogP contribution in [0.1, 0.15) is 20.8 Å². The standard InChI is InChI=1S/C13H18N2O2/c1-13(2,3)8-15-11-9(14-12(15)16)6-5-7-10(11)17-4/h5-7H,8H2,1-4H3,(H,14,16). The summed E-state index contributed by atoms with van der Waals surface area (Å²) in [4.78, 5) is 14.8. The van der Waals surface area contributed by atoms with Gasteiger partial charge < -0.3 is 9.72 Å². The van der Waals surface area contributed by atoms with Gasteiger partial charge in [0.15, 0.2) is 0 Å². The Balaban J connectivity index is 2.69. The maximum atomic E-state index is 11.9. The zero-order chi connectivity index (χ0) is 12.6. The second-order valence-corrected chi connectivity index (χ2v) is 5.43. The molecule has 1 N–H and O–H groups in total. The zero-order valence-electron chi connectivity index (χ0n) is 10.7. The normalized spacial score (nSPS) is 12.0. The van der Waals surface area contributed by atoms with Crippen molar-refractivity contribution >= 4 is 11.0 Å². The van der Waals surface area contributed by atoms with Gasteiger partial charge in [-0.1, -0.05) is 26.8 Å². The molecule has 0 radical (unpaired) electrons. The molecule has 92 valence electrons. The fraction of sp³-hybridized carbons (Fsp3) is 0.462. The third-order valence-corrected chi connectivity index (χ3v) is 2.61. The Labute approximate surface area is 100 Å². The molecular formula is C13H18N2O2. The second kappa shape index (κ2) is 3.95. The van der Waals surface area contributed by atoms with E-state index >= 15 is 0 Å². The van der Waals surface area contributed by atoms with Crippen LogP contribution in [0.25, 0.3) is 11.0 Å². The molecule has 0 aliphatic heterocycles. The number of fused-ring (bicyclic) bond motifs is 1. The molecule has 0 aliphatic rings. The first-order chi connectivity index (χ1) is 7.92. The molecule has 0 spiro atoms. The second-order valence-electron chi connectivity index (χ2n) is 5.43. The molecule has 1 aromatic heterocycles. The number of imidazole rings is 1. The van der Waals surface area contributed by atoms with Crippen LogP contribution in [0.5, 0.6) is 5.75 Å². The number of nitrogens with one attached hydrogen (secondary N) is 1. The molecule has 0 atom stereocenters. The van der Waals surface area contributed by atoms with Crippen LogP contribution in [-0.4, -0.2) is 16.7 Å². The van der Waals surface area contributed by atoms with Crippen LogP contribution in [0.2, 0.25) is 0 Å². The summed E-state index contributed by atoms with van der Waals surface area (Å²) in [5.74, 6) is 0.727. The summed E-state index contributed by atoms with van der Waals surface area (Å²) >= 11 is 0. The highest BCUT2D eigenvalue weighted by atomic mass is 16.5. The van der Waals surface area contributed by atoms with Gasteiger partial charge in [-0.3, -0.25) is 4.57 Å². The van der Waals surface area contributed by atoms with Gasteiger partial charge in [0.1, 0.15) is 11.3 Å². The Morgan fingerprint density at radius 1 is 1.35 bits per heavy atom. The van der Waals surface area contributed by atoms with Crippen LogP contribution in [0.4, 0.5) is 0 Å². The van der Waals surface area contributed by atoms with Gasteiger partial charge in [-0.25, -0.2) is 4.79 Å². The number of rotatable bonds is 2. The SMILES string of the molecule is COc1cccc2[nH]c(=O)n(CC(C)(C)C)c12. The van der Waals surface area contributed by atoms with E-state index in [4.69, 9.17) is 4.74 Å². The molecule has 1 heterocycles. The van der Waals surface area contributed by atoms with Crippen LogP contribution in [0.15, 0.2) is 23.0 Å². The lowest BCUT2D eigenvalue weighted by Gasteiger charge is -2.19. The first-order valence-corrected chi connectivity index (χ1v) is 5.68. The number of hydrogen-bond donors (Lipinski definition) is 1. The maximum absolute atomic E-state index is 11.9. The van der Waals surface area contributed by atoms with E-state index in [9.17, 15) is 4.79 Å². The van der Waals surface area contributed by atoms with Gasteiger partial charge in [0.25, 0.3) is 0 Å². The highest BCUT2D eigenvalue weighted by molar-refractivity contribution is 5.81. The van der Waals surface area contributed by atoms with Crippen molar-refractivity contribution in [3.63, 3.8) is 0 Å². The van der Waals surface area contributed by atoms with Gasteiger partial charge in [0.2, 0.25) is 0 Å². The molecule has 0 bridgehead atoms. The predicted molar refractivity (Wildman–Crippen MR) is 68.6 cm³/mol. The Kier molecular flexibility index (Phi) is 2.73. The lowest BCUT2D eigenvalue weighted by atomic mass is 9.97. The number of nitrogens with zero attached hydrogens (tertiary/aromatic N) is 1. The van der Waals surface area contributed by atoms with Crippen molar-refractivity contribution in [2.45, 2.75) is 27.3 Å². The van der Waals surface area contributed by atoms with E-state index in [0.717, 1.165) is 16.8 Å². The number of hydrogen-bond acceptors (Lipinski definition) is 2. The van der Waals surface area contributed by atoms with Crippen molar-refractivity contribution in [3.05, 3.63) is 28.7 Å². The average molecular weight is 234 g/mol. The van der Waals surface area contributed by atoms with Crippen LogP contribution in [-0.2, 0) is 6.54 Å². The van der Waals surface area contributed by atoms with E-state index in [-0.39, 0.29) is 11.1 Å². The van der Waals surface area contributed by atoms with E-state index in [2.05, 4.69) is 25.8 Å². The highest BCUT2D eigenvalue weighted by Gasteiger charge is 2.17. The van der Waals surface area contributed by atoms with Crippen molar-refractivity contribution in [2.24, 2.45) is 5.41 Å². The molecule has 0 unspecified atom stereocenters. The van der Waals surface area contributed by atoms with Crippen molar-refractivity contribution in [1.82, 2.24) is 9.55 Å². The number of benzene rings is 1. The molecule has 1 aromatic carbocycles. The van der Waals surface area contributed by atoms with Gasteiger partial charge in [-0.2, -0.15) is 0 Å². The summed E-state index contributed by atoms with van der Waals surface area (Å²) in [6, 6.07) is 5.63. The summed E-state index contributed by atoms with van der Waals surface area (Å²) in [6.45, 7) is 6.97. The first-order valence-electron chi connectivity index (χ1n) is 5.68. The van der Waals surface area contributed by atoms with Gasteiger partial charge >= 0.3 is 5.69 Å². The van der Waals surface area contributed by atoms with E-state index in [1.165, 1.54) is 0 Å². The average Bonchev–Trinajstić information content (AvgIpc) is 2.53. The molecule has 0 fully saturated rings. The van der Waals surface area contributed by atoms with E-state index < -0.39 is 0 Å². The molecule has 4 nitrogen and oxygen atoms in total. The molecular weight excluding hydrogens is 216 g/mol. The summed E-state index contributed by atoms with van der Waals surface area (Å²) in [5.41, 5.74) is 1.62. The predicted octanol–water partition coefficient (Wildman–Crippen LogP) is 2.38. The molecule has 2 aromatic rings. The van der Waals surface area contributed by atoms with Crippen LogP contribution in [0, 0.1) is 5.41 Å². The Hall–Kier alpha value is -1.71. The summed E-state index contributed by atoms with van der Waals surface area (Å²) in [7, 11) is 1.62. The Morgan fingerprint density at radius 2 is 2.06 bits per heavy atom. The van der Waals surface area contributed by atoms with Gasteiger partial charge in [0.05, 0.1) is 12.6 Å². The first kappa shape index (κ1) is 11.8. The third-order valence-electron chi connectivity index (χ3n) is 2.61. The Morgan fingerprint density at radius 3 is 2.65 bits per heavy atom. The lowest BCUT2D eigenvalue weighted by Crippen LogP contribution is -2.24. The van der Waals surface area contributed by atoms with Crippen molar-refractivity contribution in [2.75, 3.05) is 7.11 Å². The monoisotopic (exact) mass is 234 g/mol. The topological polar surface area (TPSA) is 47.0 Å². The smallest absolute Gasteiger partial charge is 0.326 e. The summed E-state index contributed by atoms with van der Waals surface area (Å²) < 4.78 is 7.06. The molecule has 17 heavy (non-hydrogen) atoms. The van der Waals surface area contributed by atoms with E-state index in [0.29, 0.717) is 6.54 Å². The van der Waals surface area contributed by atoms with Gasteiger partial charge in [-0.15, -0.1) is 0 Å². The molecule has 0 amide bonds. The fourth-order valence-electron chi connectivity index (χ4n) is 1.98. The van der Waals surface area contributed by atoms with Crippen LogP contribution < -0.4 is 10.4 Å².